The van der Waals surface area contributed by atoms with E-state index in [0.717, 1.165) is 18.5 Å². The van der Waals surface area contributed by atoms with E-state index in [2.05, 4.69) is 43.4 Å². The monoisotopic (exact) mass is 248 g/mol. The van der Waals surface area contributed by atoms with E-state index >= 15 is 0 Å². The zero-order chi connectivity index (χ0) is 13.5. The van der Waals surface area contributed by atoms with Crippen LogP contribution in [0.3, 0.4) is 0 Å². The van der Waals surface area contributed by atoms with Gasteiger partial charge in [0.05, 0.1) is 0 Å². The summed E-state index contributed by atoms with van der Waals surface area (Å²) in [5.41, 5.74) is 7.74. The van der Waals surface area contributed by atoms with Crippen LogP contribution in [-0.2, 0) is 11.2 Å². The first kappa shape index (κ1) is 14.7. The van der Waals surface area contributed by atoms with Gasteiger partial charge in [-0.1, -0.05) is 45.0 Å². The molecular formula is C15H24N2O. The Labute approximate surface area is 110 Å². The summed E-state index contributed by atoms with van der Waals surface area (Å²) >= 11 is 0. The number of carbonyl (C=O) groups is 1. The lowest BCUT2D eigenvalue weighted by Gasteiger charge is -2.17. The summed E-state index contributed by atoms with van der Waals surface area (Å²) in [6.45, 7) is 7.28. The van der Waals surface area contributed by atoms with Gasteiger partial charge in [-0.15, -0.1) is 0 Å². The highest BCUT2D eigenvalue weighted by molar-refractivity contribution is 5.74. The van der Waals surface area contributed by atoms with Crippen molar-refractivity contribution in [3.63, 3.8) is 0 Å². The van der Waals surface area contributed by atoms with Crippen molar-refractivity contribution < 1.29 is 4.79 Å². The molecule has 0 saturated heterocycles. The summed E-state index contributed by atoms with van der Waals surface area (Å²) in [6.07, 6.45) is 1.43. The minimum Gasteiger partial charge on any atom is -0.370 e. The molecule has 18 heavy (non-hydrogen) atoms. The number of hydrogen-bond donors (Lipinski definition) is 2. The van der Waals surface area contributed by atoms with E-state index in [1.807, 2.05) is 6.92 Å². The molecule has 1 rings (SSSR count). The van der Waals surface area contributed by atoms with Crippen molar-refractivity contribution in [1.82, 2.24) is 5.32 Å². The number of rotatable bonds is 7. The van der Waals surface area contributed by atoms with Gasteiger partial charge in [-0.2, -0.15) is 0 Å². The lowest BCUT2D eigenvalue weighted by molar-refractivity contribution is -0.118. The second-order valence-electron chi connectivity index (χ2n) is 5.12. The molecule has 0 bridgehead atoms. The quantitative estimate of drug-likeness (QED) is 0.778. The number of hydrogen-bond acceptors (Lipinski definition) is 2. The van der Waals surface area contributed by atoms with Crippen molar-refractivity contribution in [2.24, 2.45) is 11.7 Å². The molecule has 0 aliphatic rings. The van der Waals surface area contributed by atoms with Crippen LogP contribution >= 0.6 is 0 Å². The van der Waals surface area contributed by atoms with E-state index in [1.54, 1.807) is 0 Å². The molecule has 3 N–H and O–H groups in total. The highest BCUT2D eigenvalue weighted by atomic mass is 16.1. The molecule has 1 aromatic rings. The van der Waals surface area contributed by atoms with Crippen LogP contribution in [0, 0.1) is 5.92 Å². The predicted octanol–water partition coefficient (Wildman–Crippen LogP) is 2.41. The van der Waals surface area contributed by atoms with Crippen LogP contribution in [0.25, 0.3) is 0 Å². The summed E-state index contributed by atoms with van der Waals surface area (Å²) < 4.78 is 0. The normalized spacial score (nSPS) is 12.7. The topological polar surface area (TPSA) is 55.1 Å². The third-order valence-corrected chi connectivity index (χ3v) is 2.88. The summed E-state index contributed by atoms with van der Waals surface area (Å²) in [6, 6.07) is 8.49. The highest BCUT2D eigenvalue weighted by Gasteiger charge is 2.12. The minimum absolute atomic E-state index is 0.0283. The molecule has 1 atom stereocenters. The van der Waals surface area contributed by atoms with Gasteiger partial charge in [0, 0.05) is 12.5 Å². The van der Waals surface area contributed by atoms with E-state index in [0.29, 0.717) is 12.3 Å². The molecule has 1 unspecified atom stereocenters. The Bertz CT molecular complexity index is 371. The van der Waals surface area contributed by atoms with Crippen LogP contribution in [0.1, 0.15) is 44.4 Å². The first-order valence-corrected chi connectivity index (χ1v) is 6.63. The fourth-order valence-electron chi connectivity index (χ4n) is 2.11. The Morgan fingerprint density at radius 1 is 1.28 bits per heavy atom. The molecule has 0 saturated carbocycles. The Morgan fingerprint density at radius 3 is 2.33 bits per heavy atom. The van der Waals surface area contributed by atoms with Crippen molar-refractivity contribution in [3.8, 4) is 0 Å². The van der Waals surface area contributed by atoms with Gasteiger partial charge in [0.2, 0.25) is 5.91 Å². The predicted molar refractivity (Wildman–Crippen MR) is 75.2 cm³/mol. The first-order valence-electron chi connectivity index (χ1n) is 6.63. The molecular weight excluding hydrogens is 224 g/mol. The molecule has 3 heteroatoms. The number of nitrogens with one attached hydrogen (secondary N) is 1. The van der Waals surface area contributed by atoms with Crippen LogP contribution in [0.15, 0.2) is 24.3 Å². The molecule has 0 heterocycles. The van der Waals surface area contributed by atoms with E-state index in [1.165, 1.54) is 5.56 Å². The van der Waals surface area contributed by atoms with E-state index < -0.39 is 0 Å². The molecule has 3 nitrogen and oxygen atoms in total. The van der Waals surface area contributed by atoms with Gasteiger partial charge < -0.3 is 11.1 Å². The largest absolute Gasteiger partial charge is 0.370 e. The molecule has 0 aliphatic carbocycles. The summed E-state index contributed by atoms with van der Waals surface area (Å²) in [5.74, 6) is 0.387. The maximum absolute atomic E-state index is 11.1. The standard InChI is InChI=1S/C15H24N2O/c1-4-17-14(10-15(16)18)13-7-5-12(6-8-13)9-11(2)3/h5-8,11,14,17H,4,9-10H2,1-3H3,(H2,16,18). The molecule has 1 amide bonds. The molecule has 0 fully saturated rings. The molecule has 0 spiro atoms. The molecule has 1 aromatic carbocycles. The number of nitrogens with two attached hydrogens (primary N) is 1. The fourth-order valence-corrected chi connectivity index (χ4v) is 2.11. The van der Waals surface area contributed by atoms with Gasteiger partial charge >= 0.3 is 0 Å². The van der Waals surface area contributed by atoms with E-state index in [9.17, 15) is 4.79 Å². The third-order valence-electron chi connectivity index (χ3n) is 2.88. The second-order valence-corrected chi connectivity index (χ2v) is 5.12. The average molecular weight is 248 g/mol. The third kappa shape index (κ3) is 4.88. The van der Waals surface area contributed by atoms with Crippen LogP contribution in [-0.4, -0.2) is 12.5 Å². The van der Waals surface area contributed by atoms with Crippen molar-refractivity contribution in [2.45, 2.75) is 39.7 Å². The maximum Gasteiger partial charge on any atom is 0.219 e. The average Bonchev–Trinajstić information content (AvgIpc) is 2.28. The molecule has 0 radical (unpaired) electrons. The lowest BCUT2D eigenvalue weighted by Crippen LogP contribution is -2.26. The number of primary amides is 1. The van der Waals surface area contributed by atoms with Gasteiger partial charge in [-0.3, -0.25) is 4.79 Å². The van der Waals surface area contributed by atoms with Gasteiger partial charge in [0.1, 0.15) is 0 Å². The minimum atomic E-state index is -0.271. The zero-order valence-corrected chi connectivity index (χ0v) is 11.6. The molecule has 0 aromatic heterocycles. The summed E-state index contributed by atoms with van der Waals surface area (Å²) in [4.78, 5) is 11.1. The Morgan fingerprint density at radius 2 is 1.89 bits per heavy atom. The second kappa shape index (κ2) is 7.17. The Kier molecular flexibility index (Phi) is 5.86. The van der Waals surface area contributed by atoms with E-state index in [4.69, 9.17) is 5.73 Å². The molecule has 100 valence electrons. The number of carbonyl (C=O) groups excluding carboxylic acids is 1. The van der Waals surface area contributed by atoms with Gasteiger partial charge in [-0.05, 0) is 30.0 Å². The first-order chi connectivity index (χ1) is 8.52. The van der Waals surface area contributed by atoms with Crippen molar-refractivity contribution in [3.05, 3.63) is 35.4 Å². The number of benzene rings is 1. The lowest BCUT2D eigenvalue weighted by atomic mass is 9.98. The van der Waals surface area contributed by atoms with Crippen molar-refractivity contribution in [2.75, 3.05) is 6.54 Å². The zero-order valence-electron chi connectivity index (χ0n) is 11.6. The molecule has 0 aliphatic heterocycles. The van der Waals surface area contributed by atoms with E-state index in [-0.39, 0.29) is 11.9 Å². The van der Waals surface area contributed by atoms with Gasteiger partial charge in [0.25, 0.3) is 0 Å². The summed E-state index contributed by atoms with van der Waals surface area (Å²) in [7, 11) is 0. The smallest absolute Gasteiger partial charge is 0.219 e. The Hall–Kier alpha value is -1.35. The van der Waals surface area contributed by atoms with Crippen molar-refractivity contribution in [1.29, 1.82) is 0 Å². The summed E-state index contributed by atoms with van der Waals surface area (Å²) in [5, 5.41) is 3.29. The van der Waals surface area contributed by atoms with Crippen LogP contribution < -0.4 is 11.1 Å². The number of amides is 1. The fraction of sp³-hybridized carbons (Fsp3) is 0.533. The SMILES string of the molecule is CCNC(CC(N)=O)c1ccc(CC(C)C)cc1. The van der Waals surface area contributed by atoms with Crippen LogP contribution in [0.2, 0.25) is 0 Å². The van der Waals surface area contributed by atoms with Gasteiger partial charge in [0.15, 0.2) is 0 Å². The van der Waals surface area contributed by atoms with Gasteiger partial charge in [-0.25, -0.2) is 0 Å². The van der Waals surface area contributed by atoms with Crippen LogP contribution in [0.5, 0.6) is 0 Å². The highest BCUT2D eigenvalue weighted by Crippen LogP contribution is 2.18. The van der Waals surface area contributed by atoms with Crippen molar-refractivity contribution >= 4 is 5.91 Å². The Balaban J connectivity index is 2.76. The maximum atomic E-state index is 11.1. The van der Waals surface area contributed by atoms with Crippen LogP contribution in [0.4, 0.5) is 0 Å².